The second-order valence-electron chi connectivity index (χ2n) is 11.2. The highest BCUT2D eigenvalue weighted by atomic mass is 16.5. The summed E-state index contributed by atoms with van der Waals surface area (Å²) in [6.07, 6.45) is 13.5. The highest BCUT2D eigenvalue weighted by Gasteiger charge is 2.21. The SMILES string of the molecule is CCCCCCCCCCc1ccc(OCCCOC(=O)C(C)CC[N+](C)(C)Cc2ccccc2)cc1. The molecule has 0 heterocycles. The molecule has 0 radical (unpaired) electrons. The molecule has 1 unspecified atom stereocenters. The van der Waals surface area contributed by atoms with E-state index < -0.39 is 0 Å². The number of esters is 1. The Morgan fingerprint density at radius 1 is 0.784 bits per heavy atom. The van der Waals surface area contributed by atoms with Gasteiger partial charge in [0.15, 0.2) is 0 Å². The lowest BCUT2D eigenvalue weighted by Crippen LogP contribution is -2.40. The van der Waals surface area contributed by atoms with Crippen molar-refractivity contribution < 1.29 is 18.8 Å². The fraction of sp³-hybridized carbons (Fsp3) is 0.606. The zero-order chi connectivity index (χ0) is 26.8. The second-order valence-corrected chi connectivity index (χ2v) is 11.2. The van der Waals surface area contributed by atoms with Crippen molar-refractivity contribution in [1.29, 1.82) is 0 Å². The summed E-state index contributed by atoms with van der Waals surface area (Å²) in [7, 11) is 4.43. The summed E-state index contributed by atoms with van der Waals surface area (Å²) in [5.74, 6) is 0.686. The van der Waals surface area contributed by atoms with Crippen LogP contribution >= 0.6 is 0 Å². The molecule has 0 fully saturated rings. The first-order valence-electron chi connectivity index (χ1n) is 14.6. The number of hydrogen-bond acceptors (Lipinski definition) is 3. The highest BCUT2D eigenvalue weighted by Crippen LogP contribution is 2.17. The van der Waals surface area contributed by atoms with Gasteiger partial charge in [-0.05, 0) is 30.5 Å². The fourth-order valence-corrected chi connectivity index (χ4v) is 4.60. The van der Waals surface area contributed by atoms with Gasteiger partial charge >= 0.3 is 5.97 Å². The topological polar surface area (TPSA) is 35.5 Å². The number of carbonyl (C=O) groups is 1. The molecule has 0 N–H and O–H groups in total. The second kappa shape index (κ2) is 18.0. The molecular weight excluding hydrogens is 458 g/mol. The number of carbonyl (C=O) groups excluding carboxylic acids is 1. The minimum absolute atomic E-state index is 0.0947. The van der Waals surface area contributed by atoms with Gasteiger partial charge in [-0.3, -0.25) is 4.79 Å². The van der Waals surface area contributed by atoms with Crippen LogP contribution in [-0.4, -0.2) is 44.3 Å². The first kappa shape index (κ1) is 30.9. The zero-order valence-electron chi connectivity index (χ0n) is 24.1. The van der Waals surface area contributed by atoms with Crippen LogP contribution in [0.4, 0.5) is 0 Å². The molecule has 0 saturated heterocycles. The highest BCUT2D eigenvalue weighted by molar-refractivity contribution is 5.71. The maximum Gasteiger partial charge on any atom is 0.308 e. The number of benzene rings is 2. The minimum atomic E-state index is -0.106. The summed E-state index contributed by atoms with van der Waals surface area (Å²) in [6.45, 7) is 7.09. The van der Waals surface area contributed by atoms with Gasteiger partial charge in [0, 0.05) is 18.4 Å². The van der Waals surface area contributed by atoms with E-state index in [0.29, 0.717) is 19.6 Å². The third-order valence-corrected chi connectivity index (χ3v) is 7.07. The van der Waals surface area contributed by atoms with Crippen molar-refractivity contribution in [2.75, 3.05) is 33.9 Å². The molecule has 0 amide bonds. The molecule has 2 aromatic carbocycles. The van der Waals surface area contributed by atoms with E-state index in [1.165, 1.54) is 62.5 Å². The van der Waals surface area contributed by atoms with Crippen LogP contribution in [0, 0.1) is 5.92 Å². The van der Waals surface area contributed by atoms with Crippen LogP contribution in [0.3, 0.4) is 0 Å². The van der Waals surface area contributed by atoms with E-state index in [1.54, 1.807) is 0 Å². The van der Waals surface area contributed by atoms with Crippen LogP contribution < -0.4 is 4.74 Å². The largest absolute Gasteiger partial charge is 0.493 e. The van der Waals surface area contributed by atoms with E-state index in [9.17, 15) is 4.79 Å². The maximum absolute atomic E-state index is 12.4. The standard InChI is InChI=1S/C33H52NO3/c1-5-6-7-8-9-10-11-13-17-30-20-22-32(23-21-30)36-26-16-27-37-33(35)29(2)24-25-34(3,4)28-31-18-14-12-15-19-31/h12,14-15,18-23,29H,5-11,13,16-17,24-28H2,1-4H3/q+1. The molecule has 0 saturated carbocycles. The molecule has 0 aliphatic heterocycles. The third-order valence-electron chi connectivity index (χ3n) is 7.07. The van der Waals surface area contributed by atoms with E-state index in [4.69, 9.17) is 9.47 Å². The Balaban J connectivity index is 1.52. The van der Waals surface area contributed by atoms with Crippen LogP contribution in [0.2, 0.25) is 0 Å². The van der Waals surface area contributed by atoms with Crippen molar-refractivity contribution in [3.8, 4) is 5.75 Å². The average Bonchev–Trinajstić information content (AvgIpc) is 2.89. The Kier molecular flexibility index (Phi) is 15.0. The third kappa shape index (κ3) is 14.3. The lowest BCUT2D eigenvalue weighted by Gasteiger charge is -2.30. The van der Waals surface area contributed by atoms with Crippen LogP contribution in [0.15, 0.2) is 54.6 Å². The van der Waals surface area contributed by atoms with Crippen LogP contribution in [-0.2, 0) is 22.5 Å². The lowest BCUT2D eigenvalue weighted by molar-refractivity contribution is -0.904. The Hall–Kier alpha value is -2.33. The molecule has 0 aliphatic rings. The molecule has 0 aliphatic carbocycles. The molecule has 4 heteroatoms. The van der Waals surface area contributed by atoms with Crippen molar-refractivity contribution in [2.45, 2.75) is 91.0 Å². The molecule has 0 spiro atoms. The molecular formula is C33H52NO3+. The Morgan fingerprint density at radius 2 is 1.43 bits per heavy atom. The number of hydrogen-bond donors (Lipinski definition) is 0. The van der Waals surface area contributed by atoms with Gasteiger partial charge in [0.1, 0.15) is 12.3 Å². The van der Waals surface area contributed by atoms with Gasteiger partial charge in [-0.2, -0.15) is 0 Å². The van der Waals surface area contributed by atoms with E-state index in [1.807, 2.05) is 13.0 Å². The first-order valence-corrected chi connectivity index (χ1v) is 14.6. The van der Waals surface area contributed by atoms with E-state index >= 15 is 0 Å². The van der Waals surface area contributed by atoms with Gasteiger partial charge in [0.05, 0.1) is 39.8 Å². The number of unbranched alkanes of at least 4 members (excludes halogenated alkanes) is 7. The predicted molar refractivity (Wildman–Crippen MR) is 155 cm³/mol. The first-order chi connectivity index (χ1) is 17.9. The monoisotopic (exact) mass is 510 g/mol. The summed E-state index contributed by atoms with van der Waals surface area (Å²) in [5.41, 5.74) is 2.70. The molecule has 2 aromatic rings. The van der Waals surface area contributed by atoms with Gasteiger partial charge in [-0.15, -0.1) is 0 Å². The normalized spacial score (nSPS) is 12.3. The number of rotatable bonds is 20. The van der Waals surface area contributed by atoms with E-state index in [0.717, 1.165) is 36.2 Å². The van der Waals surface area contributed by atoms with Gasteiger partial charge in [-0.25, -0.2) is 0 Å². The van der Waals surface area contributed by atoms with Crippen molar-refractivity contribution in [3.05, 3.63) is 65.7 Å². The van der Waals surface area contributed by atoms with Gasteiger partial charge in [0.2, 0.25) is 0 Å². The molecule has 2 rings (SSSR count). The summed E-state index contributed by atoms with van der Waals surface area (Å²) in [6, 6.07) is 19.0. The van der Waals surface area contributed by atoms with Crippen molar-refractivity contribution in [1.82, 2.24) is 0 Å². The lowest BCUT2D eigenvalue weighted by atomic mass is 10.0. The Morgan fingerprint density at radius 3 is 2.11 bits per heavy atom. The van der Waals surface area contributed by atoms with Crippen molar-refractivity contribution >= 4 is 5.97 Å². The van der Waals surface area contributed by atoms with Crippen molar-refractivity contribution in [2.24, 2.45) is 5.92 Å². The smallest absolute Gasteiger partial charge is 0.308 e. The zero-order valence-corrected chi connectivity index (χ0v) is 24.1. The number of nitrogens with zero attached hydrogens (tertiary/aromatic N) is 1. The summed E-state index contributed by atoms with van der Waals surface area (Å²) in [4.78, 5) is 12.4. The molecule has 206 valence electrons. The van der Waals surface area contributed by atoms with E-state index in [2.05, 4.69) is 69.6 Å². The van der Waals surface area contributed by atoms with E-state index in [-0.39, 0.29) is 11.9 Å². The quantitative estimate of drug-likeness (QED) is 0.103. The maximum atomic E-state index is 12.4. The Bertz CT molecular complexity index is 848. The van der Waals surface area contributed by atoms with Gasteiger partial charge in [-0.1, -0.05) is 101 Å². The Labute approximate surface area is 227 Å². The molecule has 0 aromatic heterocycles. The molecule has 0 bridgehead atoms. The summed E-state index contributed by atoms with van der Waals surface area (Å²) < 4.78 is 12.2. The number of aryl methyl sites for hydroxylation is 1. The number of ether oxygens (including phenoxy) is 2. The van der Waals surface area contributed by atoms with Gasteiger partial charge in [0.25, 0.3) is 0 Å². The fourth-order valence-electron chi connectivity index (χ4n) is 4.60. The van der Waals surface area contributed by atoms with Gasteiger partial charge < -0.3 is 14.0 Å². The van der Waals surface area contributed by atoms with Crippen LogP contribution in [0.1, 0.15) is 89.2 Å². The summed E-state index contributed by atoms with van der Waals surface area (Å²) in [5, 5.41) is 0. The summed E-state index contributed by atoms with van der Waals surface area (Å²) >= 11 is 0. The van der Waals surface area contributed by atoms with Crippen molar-refractivity contribution in [3.63, 3.8) is 0 Å². The molecule has 1 atom stereocenters. The van der Waals surface area contributed by atoms with Crippen LogP contribution in [0.25, 0.3) is 0 Å². The molecule has 4 nitrogen and oxygen atoms in total. The molecule has 37 heavy (non-hydrogen) atoms. The predicted octanol–water partition coefficient (Wildman–Crippen LogP) is 7.98. The minimum Gasteiger partial charge on any atom is -0.493 e. The number of quaternary nitrogens is 1. The van der Waals surface area contributed by atoms with Crippen LogP contribution in [0.5, 0.6) is 5.75 Å². The average molecular weight is 511 g/mol.